The van der Waals surface area contributed by atoms with Gasteiger partial charge in [0.2, 0.25) is 5.82 Å². The summed E-state index contributed by atoms with van der Waals surface area (Å²) in [6, 6.07) is 6.92. The van der Waals surface area contributed by atoms with Gasteiger partial charge in [-0.05, 0) is 17.7 Å². The quantitative estimate of drug-likeness (QED) is 0.708. The van der Waals surface area contributed by atoms with Gasteiger partial charge in [0.15, 0.2) is 0 Å². The minimum atomic E-state index is -3.60. The van der Waals surface area contributed by atoms with Crippen molar-refractivity contribution in [1.29, 1.82) is 0 Å². The first-order valence-corrected chi connectivity index (χ1v) is 10.2. The molecule has 0 bridgehead atoms. The predicted molar refractivity (Wildman–Crippen MR) is 96.0 cm³/mol. The fraction of sp³-hybridized carbons (Fsp3) is 0.375. The standard InChI is InChI=1S/C16H15ClFN2O7P/c17-10-3-1-2-9(4-10)7-24-28(23)25-8-13-12(27-28)5-14(26-13)20-6-11(18)15(21)19-16(20)22/h1-4,6,12-14,23H,5,7-8H2/p+1/t12-,13+,14+,28?/m0/s1. The van der Waals surface area contributed by atoms with Crippen LogP contribution in [0.2, 0.25) is 5.02 Å². The molecular formula is C16H16ClFN2O7P+. The van der Waals surface area contributed by atoms with E-state index in [-0.39, 0.29) is 19.6 Å². The number of hydrogen-bond acceptors (Lipinski definition) is 7. The summed E-state index contributed by atoms with van der Waals surface area (Å²) in [5, 5.41) is 0.530. The number of halogens is 2. The molecule has 1 aromatic carbocycles. The van der Waals surface area contributed by atoms with Crippen molar-refractivity contribution in [3.8, 4) is 0 Å². The number of hydrogen-bond donors (Lipinski definition) is 2. The smallest absolute Gasteiger partial charge is 0.349 e. The summed E-state index contributed by atoms with van der Waals surface area (Å²) in [6.07, 6.45) is -1.17. The van der Waals surface area contributed by atoms with E-state index >= 15 is 0 Å². The largest absolute Gasteiger partial charge is 0.573 e. The number of nitrogens with zero attached hydrogens (tertiary/aromatic N) is 1. The van der Waals surface area contributed by atoms with Crippen LogP contribution in [0.4, 0.5) is 4.39 Å². The summed E-state index contributed by atoms with van der Waals surface area (Å²) in [6.45, 7) is -0.00131. The average molecular weight is 434 g/mol. The molecule has 0 amide bonds. The van der Waals surface area contributed by atoms with Crippen LogP contribution in [0.1, 0.15) is 18.2 Å². The highest BCUT2D eigenvalue weighted by Crippen LogP contribution is 2.63. The minimum Gasteiger partial charge on any atom is -0.349 e. The Balaban J connectivity index is 1.44. The Labute approximate surface area is 163 Å². The van der Waals surface area contributed by atoms with Crippen LogP contribution in [0.5, 0.6) is 0 Å². The molecule has 3 heterocycles. The summed E-state index contributed by atoms with van der Waals surface area (Å²) in [7, 11) is -3.60. The first-order valence-electron chi connectivity index (χ1n) is 8.33. The van der Waals surface area contributed by atoms with E-state index in [1.54, 1.807) is 24.3 Å². The Bertz CT molecular complexity index is 1000. The number of H-pyrrole nitrogens is 1. The van der Waals surface area contributed by atoms with E-state index < -0.39 is 43.7 Å². The summed E-state index contributed by atoms with van der Waals surface area (Å²) in [5.41, 5.74) is -1.18. The Morgan fingerprint density at radius 1 is 1.39 bits per heavy atom. The van der Waals surface area contributed by atoms with Crippen molar-refractivity contribution in [2.75, 3.05) is 6.61 Å². The van der Waals surface area contributed by atoms with E-state index in [2.05, 4.69) is 0 Å². The van der Waals surface area contributed by atoms with Crippen molar-refractivity contribution in [2.24, 2.45) is 0 Å². The maximum Gasteiger partial charge on any atom is 0.573 e. The Kier molecular flexibility index (Phi) is 5.36. The number of aromatic amines is 1. The second-order valence-electron chi connectivity index (χ2n) is 6.32. The van der Waals surface area contributed by atoms with Gasteiger partial charge in [-0.25, -0.2) is 4.79 Å². The Morgan fingerprint density at radius 2 is 2.21 bits per heavy atom. The molecule has 1 aromatic heterocycles. The lowest BCUT2D eigenvalue weighted by molar-refractivity contribution is -0.0828. The van der Waals surface area contributed by atoms with Gasteiger partial charge in [-0.3, -0.25) is 14.3 Å². The highest BCUT2D eigenvalue weighted by atomic mass is 35.5. The molecule has 0 saturated carbocycles. The van der Waals surface area contributed by atoms with Crippen LogP contribution in [-0.2, 0) is 24.9 Å². The van der Waals surface area contributed by atoms with Crippen LogP contribution < -0.4 is 11.2 Å². The molecule has 0 radical (unpaired) electrons. The number of fused-ring (bicyclic) bond motifs is 1. The average Bonchev–Trinajstić information content (AvgIpc) is 3.06. The molecule has 9 nitrogen and oxygen atoms in total. The second-order valence-corrected chi connectivity index (χ2v) is 8.42. The number of rotatable bonds is 4. The molecule has 2 fully saturated rings. The van der Waals surface area contributed by atoms with E-state index in [9.17, 15) is 18.9 Å². The Morgan fingerprint density at radius 3 is 3.00 bits per heavy atom. The first kappa shape index (κ1) is 19.7. The maximum atomic E-state index is 13.5. The van der Waals surface area contributed by atoms with Crippen LogP contribution in [0.15, 0.2) is 40.1 Å². The lowest BCUT2D eigenvalue weighted by Gasteiger charge is -2.26. The zero-order valence-electron chi connectivity index (χ0n) is 14.3. The van der Waals surface area contributed by atoms with Crippen molar-refractivity contribution < 1.29 is 27.6 Å². The topological polar surface area (TPSA) is 112 Å². The summed E-state index contributed by atoms with van der Waals surface area (Å²) in [4.78, 5) is 35.5. The molecule has 2 N–H and O–H groups in total. The summed E-state index contributed by atoms with van der Waals surface area (Å²) >= 11 is 5.92. The third kappa shape index (κ3) is 4.04. The van der Waals surface area contributed by atoms with E-state index in [1.807, 2.05) is 4.98 Å². The fourth-order valence-electron chi connectivity index (χ4n) is 3.03. The fourth-order valence-corrected chi connectivity index (χ4v) is 4.65. The molecule has 12 heteroatoms. The zero-order valence-corrected chi connectivity index (χ0v) is 15.9. The number of aromatic nitrogens is 2. The maximum absolute atomic E-state index is 13.5. The van der Waals surface area contributed by atoms with Crippen molar-refractivity contribution in [1.82, 2.24) is 9.55 Å². The van der Waals surface area contributed by atoms with Gasteiger partial charge in [0.1, 0.15) is 31.6 Å². The molecule has 2 saturated heterocycles. The molecule has 0 spiro atoms. The molecule has 28 heavy (non-hydrogen) atoms. The number of nitrogens with one attached hydrogen (secondary N) is 1. The molecule has 150 valence electrons. The molecule has 1 unspecified atom stereocenters. The highest BCUT2D eigenvalue weighted by molar-refractivity contribution is 7.55. The van der Waals surface area contributed by atoms with Crippen molar-refractivity contribution in [3.63, 3.8) is 0 Å². The normalized spacial score (nSPS) is 29.6. The monoisotopic (exact) mass is 433 g/mol. The molecule has 2 aromatic rings. The van der Waals surface area contributed by atoms with Crippen molar-refractivity contribution in [2.45, 2.75) is 31.5 Å². The summed E-state index contributed by atoms with van der Waals surface area (Å²) < 4.78 is 36.5. The Hall–Kier alpha value is -1.65. The van der Waals surface area contributed by atoms with Crippen LogP contribution in [-0.4, -0.2) is 33.3 Å². The molecule has 0 aliphatic carbocycles. The van der Waals surface area contributed by atoms with Gasteiger partial charge < -0.3 is 4.74 Å². The molecule has 2 aliphatic heterocycles. The SMILES string of the molecule is O=c1[nH]c(=O)n([C@H]2C[C@@H]3O[P+](O)(OCc4cccc(Cl)c4)OC[C@H]3O2)cc1F. The van der Waals surface area contributed by atoms with Crippen LogP contribution in [0.3, 0.4) is 0 Å². The molecule has 4 atom stereocenters. The minimum absolute atomic E-state index is 0.0249. The predicted octanol–water partition coefficient (Wildman–Crippen LogP) is 1.92. The van der Waals surface area contributed by atoms with Gasteiger partial charge in [-0.2, -0.15) is 13.8 Å². The lowest BCUT2D eigenvalue weighted by Crippen LogP contribution is -2.35. The van der Waals surface area contributed by atoms with Crippen LogP contribution in [0, 0.1) is 5.82 Å². The van der Waals surface area contributed by atoms with Crippen LogP contribution >= 0.6 is 19.8 Å². The summed E-state index contributed by atoms with van der Waals surface area (Å²) in [5.74, 6) is -1.11. The number of benzene rings is 1. The van der Waals surface area contributed by atoms with Gasteiger partial charge in [-0.15, -0.1) is 9.05 Å². The third-order valence-electron chi connectivity index (χ3n) is 4.37. The molecule has 4 rings (SSSR count). The highest BCUT2D eigenvalue weighted by Gasteiger charge is 2.57. The van der Waals surface area contributed by atoms with Gasteiger partial charge in [0.05, 0.1) is 6.20 Å². The van der Waals surface area contributed by atoms with Crippen molar-refractivity contribution in [3.05, 3.63) is 67.7 Å². The van der Waals surface area contributed by atoms with Crippen LogP contribution in [0.25, 0.3) is 0 Å². The van der Waals surface area contributed by atoms with Gasteiger partial charge in [0, 0.05) is 11.4 Å². The number of ether oxygens (including phenoxy) is 1. The third-order valence-corrected chi connectivity index (χ3v) is 6.07. The molecular weight excluding hydrogens is 418 g/mol. The van der Waals surface area contributed by atoms with Gasteiger partial charge >= 0.3 is 13.9 Å². The van der Waals surface area contributed by atoms with E-state index in [0.717, 1.165) is 16.3 Å². The van der Waals surface area contributed by atoms with E-state index in [0.29, 0.717) is 5.02 Å². The van der Waals surface area contributed by atoms with E-state index in [1.165, 1.54) is 0 Å². The van der Waals surface area contributed by atoms with E-state index in [4.69, 9.17) is 29.9 Å². The first-order chi connectivity index (χ1) is 13.3. The lowest BCUT2D eigenvalue weighted by atomic mass is 10.2. The zero-order chi connectivity index (χ0) is 19.9. The van der Waals surface area contributed by atoms with Crippen molar-refractivity contribution >= 4 is 19.8 Å². The molecule has 2 aliphatic rings. The van der Waals surface area contributed by atoms with Gasteiger partial charge in [-0.1, -0.05) is 23.7 Å². The second kappa shape index (κ2) is 7.64. The van der Waals surface area contributed by atoms with Gasteiger partial charge in [0.25, 0.3) is 5.56 Å².